The van der Waals surface area contributed by atoms with Crippen molar-refractivity contribution in [3.8, 4) is 0 Å². The lowest BCUT2D eigenvalue weighted by Gasteiger charge is -2.36. The fourth-order valence-corrected chi connectivity index (χ4v) is 3.26. The van der Waals surface area contributed by atoms with E-state index in [1.807, 2.05) is 0 Å². The smallest absolute Gasteiger partial charge is 0.238 e. The summed E-state index contributed by atoms with van der Waals surface area (Å²) in [6.45, 7) is 8.25. The lowest BCUT2D eigenvalue weighted by molar-refractivity contribution is -0.117. The van der Waals surface area contributed by atoms with E-state index < -0.39 is 0 Å². The standard InChI is InChI=1S/C19H23ClN4O/c1-14-5-3-7-17(15(14)2)24-11-9-23(10-12-24)13-18(25)22-16-6-4-8-21-19(16)20/h3-8H,9-13H2,1-2H3,(H,22,25). The Hall–Kier alpha value is -2.11. The average molecular weight is 359 g/mol. The Labute approximate surface area is 153 Å². The number of anilines is 2. The molecule has 2 heterocycles. The Bertz CT molecular complexity index is 757. The highest BCUT2D eigenvalue weighted by atomic mass is 35.5. The van der Waals surface area contributed by atoms with E-state index in [1.54, 1.807) is 18.3 Å². The maximum absolute atomic E-state index is 12.2. The van der Waals surface area contributed by atoms with E-state index in [9.17, 15) is 4.79 Å². The van der Waals surface area contributed by atoms with Gasteiger partial charge in [0.05, 0.1) is 12.2 Å². The molecule has 1 saturated heterocycles. The Morgan fingerprint density at radius 3 is 2.64 bits per heavy atom. The van der Waals surface area contributed by atoms with Crippen LogP contribution in [0.1, 0.15) is 11.1 Å². The van der Waals surface area contributed by atoms with Crippen LogP contribution < -0.4 is 10.2 Å². The van der Waals surface area contributed by atoms with Gasteiger partial charge in [0, 0.05) is 38.1 Å². The van der Waals surface area contributed by atoms with Crippen molar-refractivity contribution in [2.24, 2.45) is 0 Å². The van der Waals surface area contributed by atoms with Crippen molar-refractivity contribution in [3.05, 3.63) is 52.8 Å². The number of piperazine rings is 1. The first-order chi connectivity index (χ1) is 12.0. The first kappa shape index (κ1) is 17.7. The quantitative estimate of drug-likeness (QED) is 0.853. The monoisotopic (exact) mass is 358 g/mol. The summed E-state index contributed by atoms with van der Waals surface area (Å²) >= 11 is 5.98. The topological polar surface area (TPSA) is 48.5 Å². The summed E-state index contributed by atoms with van der Waals surface area (Å²) in [5.74, 6) is -0.0601. The number of carbonyl (C=O) groups excluding carboxylic acids is 1. The Morgan fingerprint density at radius 1 is 1.16 bits per heavy atom. The molecule has 0 spiro atoms. The lowest BCUT2D eigenvalue weighted by atomic mass is 10.1. The molecule has 0 bridgehead atoms. The van der Waals surface area contributed by atoms with Crippen LogP contribution in [0.3, 0.4) is 0 Å². The van der Waals surface area contributed by atoms with Crippen LogP contribution in [-0.2, 0) is 4.79 Å². The highest BCUT2D eigenvalue weighted by molar-refractivity contribution is 6.32. The largest absolute Gasteiger partial charge is 0.369 e. The number of pyridine rings is 1. The molecule has 0 atom stereocenters. The molecule has 1 aromatic carbocycles. The predicted octanol–water partition coefficient (Wildman–Crippen LogP) is 3.11. The second-order valence-electron chi connectivity index (χ2n) is 6.37. The van der Waals surface area contributed by atoms with Crippen LogP contribution in [0.4, 0.5) is 11.4 Å². The summed E-state index contributed by atoms with van der Waals surface area (Å²) in [6.07, 6.45) is 1.60. The van der Waals surface area contributed by atoms with Gasteiger partial charge in [-0.05, 0) is 43.2 Å². The number of aryl methyl sites for hydroxylation is 1. The van der Waals surface area contributed by atoms with Gasteiger partial charge in [-0.1, -0.05) is 23.7 Å². The molecule has 0 unspecified atom stereocenters. The van der Waals surface area contributed by atoms with E-state index in [2.05, 4.69) is 52.1 Å². The number of amides is 1. The lowest BCUT2D eigenvalue weighted by Crippen LogP contribution is -2.48. The van der Waals surface area contributed by atoms with Gasteiger partial charge in [-0.25, -0.2) is 4.98 Å². The molecule has 1 fully saturated rings. The number of aromatic nitrogens is 1. The Kier molecular flexibility index (Phi) is 5.56. The second-order valence-corrected chi connectivity index (χ2v) is 6.73. The molecule has 2 aromatic rings. The summed E-state index contributed by atoms with van der Waals surface area (Å²) < 4.78 is 0. The third-order valence-corrected chi connectivity index (χ3v) is 4.99. The maximum Gasteiger partial charge on any atom is 0.238 e. The SMILES string of the molecule is Cc1cccc(N2CCN(CC(=O)Nc3cccnc3Cl)CC2)c1C. The van der Waals surface area contributed by atoms with Crippen molar-refractivity contribution >= 4 is 28.9 Å². The van der Waals surface area contributed by atoms with Crippen molar-refractivity contribution in [2.75, 3.05) is 42.9 Å². The molecular weight excluding hydrogens is 336 g/mol. The second kappa shape index (κ2) is 7.85. The van der Waals surface area contributed by atoms with E-state index in [0.29, 0.717) is 17.4 Å². The van der Waals surface area contributed by atoms with Gasteiger partial charge in [-0.3, -0.25) is 9.69 Å². The summed E-state index contributed by atoms with van der Waals surface area (Å²) in [5.41, 5.74) is 4.50. The summed E-state index contributed by atoms with van der Waals surface area (Å²) in [4.78, 5) is 20.8. The fraction of sp³-hybridized carbons (Fsp3) is 0.368. The van der Waals surface area contributed by atoms with Crippen molar-refractivity contribution in [3.63, 3.8) is 0 Å². The number of nitrogens with one attached hydrogen (secondary N) is 1. The normalized spacial score (nSPS) is 15.2. The van der Waals surface area contributed by atoms with E-state index in [1.165, 1.54) is 16.8 Å². The van der Waals surface area contributed by atoms with Crippen LogP contribution >= 0.6 is 11.6 Å². The van der Waals surface area contributed by atoms with Crippen molar-refractivity contribution < 1.29 is 4.79 Å². The molecule has 1 aliphatic rings. The first-order valence-electron chi connectivity index (χ1n) is 8.48. The van der Waals surface area contributed by atoms with Gasteiger partial charge < -0.3 is 10.2 Å². The van der Waals surface area contributed by atoms with E-state index in [4.69, 9.17) is 11.6 Å². The van der Waals surface area contributed by atoms with Gasteiger partial charge in [-0.15, -0.1) is 0 Å². The minimum absolute atomic E-state index is 0.0601. The van der Waals surface area contributed by atoms with Crippen LogP contribution in [0.15, 0.2) is 36.5 Å². The Balaban J connectivity index is 1.53. The van der Waals surface area contributed by atoms with Gasteiger partial charge in [0.25, 0.3) is 0 Å². The molecule has 1 aromatic heterocycles. The average Bonchev–Trinajstić information content (AvgIpc) is 2.60. The molecule has 3 rings (SSSR count). The van der Waals surface area contributed by atoms with Gasteiger partial charge >= 0.3 is 0 Å². The number of rotatable bonds is 4. The highest BCUT2D eigenvalue weighted by Gasteiger charge is 2.20. The van der Waals surface area contributed by atoms with Crippen LogP contribution in [0.5, 0.6) is 0 Å². The van der Waals surface area contributed by atoms with Crippen molar-refractivity contribution in [1.29, 1.82) is 0 Å². The molecule has 1 N–H and O–H groups in total. The zero-order valence-electron chi connectivity index (χ0n) is 14.6. The number of hydrogen-bond acceptors (Lipinski definition) is 4. The number of carbonyl (C=O) groups is 1. The summed E-state index contributed by atoms with van der Waals surface area (Å²) in [5, 5.41) is 3.14. The highest BCUT2D eigenvalue weighted by Crippen LogP contribution is 2.24. The third-order valence-electron chi connectivity index (χ3n) is 4.69. The number of benzene rings is 1. The van der Waals surface area contributed by atoms with Gasteiger partial charge in [0.2, 0.25) is 5.91 Å². The summed E-state index contributed by atoms with van der Waals surface area (Å²) in [6, 6.07) is 9.93. The zero-order valence-corrected chi connectivity index (χ0v) is 15.4. The number of hydrogen-bond donors (Lipinski definition) is 1. The molecule has 6 heteroatoms. The van der Waals surface area contributed by atoms with Gasteiger partial charge in [-0.2, -0.15) is 0 Å². The van der Waals surface area contributed by atoms with Gasteiger partial charge in [0.1, 0.15) is 0 Å². The van der Waals surface area contributed by atoms with Crippen LogP contribution in [-0.4, -0.2) is 48.5 Å². The molecule has 1 aliphatic heterocycles. The minimum Gasteiger partial charge on any atom is -0.369 e. The number of halogens is 1. The van der Waals surface area contributed by atoms with Crippen LogP contribution in [0, 0.1) is 13.8 Å². The summed E-state index contributed by atoms with van der Waals surface area (Å²) in [7, 11) is 0. The van der Waals surface area contributed by atoms with Gasteiger partial charge in [0.15, 0.2) is 5.15 Å². The molecule has 5 nitrogen and oxygen atoms in total. The Morgan fingerprint density at radius 2 is 1.92 bits per heavy atom. The molecule has 0 saturated carbocycles. The molecule has 25 heavy (non-hydrogen) atoms. The minimum atomic E-state index is -0.0601. The molecule has 0 radical (unpaired) electrons. The van der Waals surface area contributed by atoms with E-state index >= 15 is 0 Å². The van der Waals surface area contributed by atoms with E-state index in [0.717, 1.165) is 26.2 Å². The third kappa shape index (κ3) is 4.30. The van der Waals surface area contributed by atoms with Crippen molar-refractivity contribution in [1.82, 2.24) is 9.88 Å². The van der Waals surface area contributed by atoms with Crippen LogP contribution in [0.2, 0.25) is 5.15 Å². The first-order valence-corrected chi connectivity index (χ1v) is 8.86. The maximum atomic E-state index is 12.2. The molecular formula is C19H23ClN4O. The number of nitrogens with zero attached hydrogens (tertiary/aromatic N) is 3. The molecule has 0 aliphatic carbocycles. The van der Waals surface area contributed by atoms with E-state index in [-0.39, 0.29) is 5.91 Å². The van der Waals surface area contributed by atoms with Crippen LogP contribution in [0.25, 0.3) is 0 Å². The molecule has 132 valence electrons. The predicted molar refractivity (Wildman–Crippen MR) is 102 cm³/mol. The fourth-order valence-electron chi connectivity index (χ4n) is 3.10. The molecule has 1 amide bonds. The van der Waals surface area contributed by atoms with Crippen molar-refractivity contribution in [2.45, 2.75) is 13.8 Å². The zero-order chi connectivity index (χ0) is 17.8.